The van der Waals surface area contributed by atoms with Gasteiger partial charge in [0.2, 0.25) is 0 Å². The fraction of sp³-hybridized carbons (Fsp3) is 0.533. The summed E-state index contributed by atoms with van der Waals surface area (Å²) in [5.74, 6) is -0.260. The van der Waals surface area contributed by atoms with Crippen molar-refractivity contribution in [1.82, 2.24) is 4.90 Å². The van der Waals surface area contributed by atoms with Crippen molar-refractivity contribution in [2.24, 2.45) is 0 Å². The Labute approximate surface area is 108 Å². The molecule has 0 amide bonds. The van der Waals surface area contributed by atoms with E-state index in [9.17, 15) is 4.39 Å². The molecule has 1 saturated heterocycles. The minimum Gasteiger partial charge on any atom is -0.293 e. The molecule has 18 heavy (non-hydrogen) atoms. The number of hydrogen-bond acceptors (Lipinski definition) is 2. The maximum atomic E-state index is 13.3. The minimum absolute atomic E-state index is 0.260. The van der Waals surface area contributed by atoms with E-state index >= 15 is 0 Å². The second-order valence-corrected chi connectivity index (χ2v) is 5.07. The van der Waals surface area contributed by atoms with Gasteiger partial charge in [0.25, 0.3) is 0 Å². The molecule has 0 aromatic heterocycles. The Morgan fingerprint density at radius 1 is 1.44 bits per heavy atom. The zero-order chi connectivity index (χ0) is 13.1. The van der Waals surface area contributed by atoms with E-state index in [-0.39, 0.29) is 5.82 Å². The fourth-order valence-electron chi connectivity index (χ4n) is 2.85. The van der Waals surface area contributed by atoms with E-state index < -0.39 is 0 Å². The van der Waals surface area contributed by atoms with Gasteiger partial charge in [-0.15, -0.1) is 0 Å². The first-order valence-corrected chi connectivity index (χ1v) is 6.60. The molecule has 2 rings (SSSR count). The van der Waals surface area contributed by atoms with Gasteiger partial charge in [0, 0.05) is 18.6 Å². The predicted octanol–water partition coefficient (Wildman–Crippen LogP) is 3.46. The average Bonchev–Trinajstić information content (AvgIpc) is 2.71. The van der Waals surface area contributed by atoms with Gasteiger partial charge in [-0.3, -0.25) is 4.90 Å². The topological polar surface area (TPSA) is 27.0 Å². The third-order valence-electron chi connectivity index (χ3n) is 3.96. The highest BCUT2D eigenvalue weighted by Gasteiger charge is 2.29. The molecule has 1 heterocycles. The van der Waals surface area contributed by atoms with E-state index in [4.69, 9.17) is 5.26 Å². The molecule has 0 aliphatic carbocycles. The van der Waals surface area contributed by atoms with Crippen LogP contribution in [0.25, 0.3) is 0 Å². The van der Waals surface area contributed by atoms with Gasteiger partial charge in [-0.1, -0.05) is 6.92 Å². The molecule has 1 aliphatic heterocycles. The third-order valence-corrected chi connectivity index (χ3v) is 3.96. The molecule has 0 spiro atoms. The van der Waals surface area contributed by atoms with Gasteiger partial charge in [0.05, 0.1) is 11.6 Å². The number of hydrogen-bond donors (Lipinski definition) is 0. The molecule has 0 radical (unpaired) electrons. The quantitative estimate of drug-likeness (QED) is 0.816. The Morgan fingerprint density at radius 2 is 2.22 bits per heavy atom. The SMILES string of the molecule is CCC1CCC(C)N1Cc1cc(F)ccc1C#N. The van der Waals surface area contributed by atoms with Gasteiger partial charge in [-0.2, -0.15) is 5.26 Å². The van der Waals surface area contributed by atoms with Crippen LogP contribution in [0.3, 0.4) is 0 Å². The predicted molar refractivity (Wildman–Crippen MR) is 69.4 cm³/mol. The second-order valence-electron chi connectivity index (χ2n) is 5.07. The molecule has 2 nitrogen and oxygen atoms in total. The summed E-state index contributed by atoms with van der Waals surface area (Å²) in [6.07, 6.45) is 3.51. The van der Waals surface area contributed by atoms with Crippen LogP contribution < -0.4 is 0 Å². The summed E-state index contributed by atoms with van der Waals surface area (Å²) in [5, 5.41) is 9.08. The third kappa shape index (κ3) is 2.54. The molecule has 2 unspecified atom stereocenters. The molecule has 96 valence electrons. The molecule has 0 bridgehead atoms. The molecule has 0 N–H and O–H groups in total. The highest BCUT2D eigenvalue weighted by Crippen LogP contribution is 2.28. The lowest BCUT2D eigenvalue weighted by molar-refractivity contribution is 0.189. The van der Waals surface area contributed by atoms with Gasteiger partial charge >= 0.3 is 0 Å². The number of likely N-dealkylation sites (tertiary alicyclic amines) is 1. The van der Waals surface area contributed by atoms with E-state index in [1.807, 2.05) is 0 Å². The van der Waals surface area contributed by atoms with Crippen LogP contribution in [0.5, 0.6) is 0 Å². The highest BCUT2D eigenvalue weighted by molar-refractivity contribution is 5.37. The number of rotatable bonds is 3. The van der Waals surface area contributed by atoms with Crippen LogP contribution >= 0.6 is 0 Å². The number of nitrogens with zero attached hydrogens (tertiary/aromatic N) is 2. The smallest absolute Gasteiger partial charge is 0.123 e. The van der Waals surface area contributed by atoms with Crippen molar-refractivity contribution in [3.8, 4) is 6.07 Å². The molecule has 2 atom stereocenters. The summed E-state index contributed by atoms with van der Waals surface area (Å²) >= 11 is 0. The summed E-state index contributed by atoms with van der Waals surface area (Å²) < 4.78 is 13.3. The number of halogens is 1. The van der Waals surface area contributed by atoms with Gasteiger partial charge in [-0.05, 0) is 49.9 Å². The first-order valence-electron chi connectivity index (χ1n) is 6.60. The molecule has 0 saturated carbocycles. The Bertz CT molecular complexity index is 464. The molecule has 1 aromatic carbocycles. The van der Waals surface area contributed by atoms with Crippen LogP contribution in [0.15, 0.2) is 18.2 Å². The molecule has 3 heteroatoms. The van der Waals surface area contributed by atoms with Crippen molar-refractivity contribution >= 4 is 0 Å². The summed E-state index contributed by atoms with van der Waals surface area (Å²) in [4.78, 5) is 2.40. The van der Waals surface area contributed by atoms with E-state index in [2.05, 4.69) is 24.8 Å². The van der Waals surface area contributed by atoms with E-state index in [1.165, 1.54) is 25.0 Å². The Hall–Kier alpha value is -1.40. The lowest BCUT2D eigenvalue weighted by atomic mass is 10.1. The van der Waals surface area contributed by atoms with Gasteiger partial charge < -0.3 is 0 Å². The van der Waals surface area contributed by atoms with Crippen LogP contribution in [0, 0.1) is 17.1 Å². The monoisotopic (exact) mass is 246 g/mol. The molecule has 1 fully saturated rings. The average molecular weight is 246 g/mol. The lowest BCUT2D eigenvalue weighted by Gasteiger charge is -2.28. The van der Waals surface area contributed by atoms with Crippen molar-refractivity contribution in [3.05, 3.63) is 35.1 Å². The van der Waals surface area contributed by atoms with Crippen molar-refractivity contribution < 1.29 is 4.39 Å². The van der Waals surface area contributed by atoms with Crippen molar-refractivity contribution in [2.45, 2.75) is 51.7 Å². The van der Waals surface area contributed by atoms with Crippen LogP contribution in [-0.2, 0) is 6.54 Å². The lowest BCUT2D eigenvalue weighted by Crippen LogP contribution is -2.33. The maximum absolute atomic E-state index is 13.3. The zero-order valence-corrected chi connectivity index (χ0v) is 11.0. The summed E-state index contributed by atoms with van der Waals surface area (Å²) in [6, 6.07) is 7.66. The van der Waals surface area contributed by atoms with Crippen LogP contribution in [0.2, 0.25) is 0 Å². The number of benzene rings is 1. The largest absolute Gasteiger partial charge is 0.293 e. The van der Waals surface area contributed by atoms with Gasteiger partial charge in [-0.25, -0.2) is 4.39 Å². The maximum Gasteiger partial charge on any atom is 0.123 e. The number of nitriles is 1. The summed E-state index contributed by atoms with van der Waals surface area (Å²) in [6.45, 7) is 5.08. The normalized spacial score (nSPS) is 24.1. The van der Waals surface area contributed by atoms with Crippen molar-refractivity contribution in [1.29, 1.82) is 5.26 Å². The molecular weight excluding hydrogens is 227 g/mol. The van der Waals surface area contributed by atoms with Crippen molar-refractivity contribution in [2.75, 3.05) is 0 Å². The first kappa shape index (κ1) is 13.0. The zero-order valence-electron chi connectivity index (χ0n) is 11.0. The van der Waals surface area contributed by atoms with Gasteiger partial charge in [0.15, 0.2) is 0 Å². The summed E-state index contributed by atoms with van der Waals surface area (Å²) in [5.41, 5.74) is 1.40. The van der Waals surface area contributed by atoms with Crippen LogP contribution in [-0.4, -0.2) is 17.0 Å². The van der Waals surface area contributed by atoms with Crippen LogP contribution in [0.4, 0.5) is 4.39 Å². The molecule has 1 aliphatic rings. The van der Waals surface area contributed by atoms with Gasteiger partial charge in [0.1, 0.15) is 5.82 Å². The molecular formula is C15H19FN2. The minimum atomic E-state index is -0.260. The van der Waals surface area contributed by atoms with E-state index in [0.29, 0.717) is 24.2 Å². The van der Waals surface area contributed by atoms with E-state index in [0.717, 1.165) is 12.0 Å². The first-order chi connectivity index (χ1) is 8.65. The Kier molecular flexibility index (Phi) is 3.98. The second kappa shape index (κ2) is 5.49. The Balaban J connectivity index is 2.23. The fourth-order valence-corrected chi connectivity index (χ4v) is 2.85. The summed E-state index contributed by atoms with van der Waals surface area (Å²) in [7, 11) is 0. The molecule has 1 aromatic rings. The van der Waals surface area contributed by atoms with E-state index in [1.54, 1.807) is 6.07 Å². The highest BCUT2D eigenvalue weighted by atomic mass is 19.1. The van der Waals surface area contributed by atoms with Crippen LogP contribution in [0.1, 0.15) is 44.2 Å². The van der Waals surface area contributed by atoms with Crippen molar-refractivity contribution in [3.63, 3.8) is 0 Å². The Morgan fingerprint density at radius 3 is 2.89 bits per heavy atom. The standard InChI is InChI=1S/C15H19FN2/c1-3-15-7-4-11(2)18(15)10-13-8-14(16)6-5-12(13)9-17/h5-6,8,11,15H,3-4,7,10H2,1-2H3.